The third-order valence-corrected chi connectivity index (χ3v) is 3.10. The van der Waals surface area contributed by atoms with Crippen LogP contribution in [0.1, 0.15) is 10.4 Å². The van der Waals surface area contributed by atoms with Gasteiger partial charge in [-0.25, -0.2) is 0 Å². The fourth-order valence-electron chi connectivity index (χ4n) is 1.61. The van der Waals surface area contributed by atoms with Crippen molar-refractivity contribution in [3.8, 4) is 0 Å². The molecule has 98 valence electrons. The summed E-state index contributed by atoms with van der Waals surface area (Å²) in [7, 11) is 5.73. The quantitative estimate of drug-likeness (QED) is 0.649. The molecular weight excluding hydrogens is 335 g/mol. The zero-order valence-electron chi connectivity index (χ0n) is 10.4. The van der Waals surface area contributed by atoms with Crippen LogP contribution in [0.3, 0.4) is 0 Å². The molecule has 0 aromatic heterocycles. The van der Waals surface area contributed by atoms with E-state index in [1.165, 1.54) is 0 Å². The van der Waals surface area contributed by atoms with Crippen molar-refractivity contribution in [2.24, 2.45) is 0 Å². The Hall–Kier alpha value is -1.66. The van der Waals surface area contributed by atoms with E-state index in [2.05, 4.69) is 26.6 Å². The second-order valence-electron chi connectivity index (χ2n) is 4.05. The number of amides is 1. The predicted molar refractivity (Wildman–Crippen MR) is 89.7 cm³/mol. The van der Waals surface area contributed by atoms with Crippen LogP contribution in [0, 0.1) is 0 Å². The molecule has 0 aliphatic rings. The minimum absolute atomic E-state index is 0.219. The van der Waals surface area contributed by atoms with E-state index in [0.29, 0.717) is 16.7 Å². The number of carbonyl (C=O) groups is 1. The Balaban J connectivity index is 2.01. The lowest BCUT2D eigenvalue weighted by Crippen LogP contribution is -2.34. The Bertz CT molecular complexity index is 629. The first-order chi connectivity index (χ1) is 9.54. The number of nitrogens with one attached hydrogen (secondary N) is 2. The van der Waals surface area contributed by atoms with Gasteiger partial charge in [-0.15, -0.1) is 0 Å². The number of hydrogen-bond donors (Lipinski definition) is 2. The first-order valence-corrected chi connectivity index (χ1v) is 6.98. The molecule has 0 atom stereocenters. The van der Waals surface area contributed by atoms with Crippen molar-refractivity contribution in [1.29, 1.82) is 0 Å². The van der Waals surface area contributed by atoms with Crippen molar-refractivity contribution in [1.82, 2.24) is 5.32 Å². The molecule has 0 saturated carbocycles. The molecule has 2 N–H and O–H groups in total. The highest BCUT2D eigenvalue weighted by molar-refractivity contribution is 9.10. The van der Waals surface area contributed by atoms with Gasteiger partial charge in [-0.3, -0.25) is 10.1 Å². The predicted octanol–water partition coefficient (Wildman–Crippen LogP) is 2.37. The normalized spacial score (nSPS) is 9.85. The molecule has 0 aliphatic heterocycles. The highest BCUT2D eigenvalue weighted by Gasteiger charge is 2.07. The van der Waals surface area contributed by atoms with Gasteiger partial charge < -0.3 is 5.32 Å². The standard InChI is InChI=1S/C14H10BBrN2OS/c15-10-6-11(16)8-12(7-10)17-14(20)18-13(19)9-4-2-1-3-5-9/h1-8H,(H2,17,18,19,20). The van der Waals surface area contributed by atoms with Gasteiger partial charge in [0, 0.05) is 15.7 Å². The summed E-state index contributed by atoms with van der Waals surface area (Å²) in [6.07, 6.45) is 0. The maximum absolute atomic E-state index is 11.9. The van der Waals surface area contributed by atoms with Gasteiger partial charge in [0.2, 0.25) is 0 Å². The molecule has 0 bridgehead atoms. The summed E-state index contributed by atoms with van der Waals surface area (Å²) in [6.45, 7) is 0. The molecule has 3 nitrogen and oxygen atoms in total. The van der Waals surface area contributed by atoms with Crippen LogP contribution < -0.4 is 16.1 Å². The van der Waals surface area contributed by atoms with E-state index in [9.17, 15) is 4.79 Å². The number of rotatable bonds is 2. The molecule has 0 unspecified atom stereocenters. The van der Waals surface area contributed by atoms with Crippen molar-refractivity contribution in [2.45, 2.75) is 0 Å². The van der Waals surface area contributed by atoms with Crippen LogP contribution in [0.2, 0.25) is 0 Å². The van der Waals surface area contributed by atoms with Crippen LogP contribution in [0.5, 0.6) is 0 Å². The molecule has 0 aliphatic carbocycles. The first kappa shape index (κ1) is 14.7. The number of halogens is 1. The number of thiocarbonyl (C=S) groups is 1. The first-order valence-electron chi connectivity index (χ1n) is 5.78. The van der Waals surface area contributed by atoms with E-state index in [1.54, 1.807) is 36.4 Å². The second-order valence-corrected chi connectivity index (χ2v) is 5.37. The van der Waals surface area contributed by atoms with Gasteiger partial charge in [0.15, 0.2) is 5.11 Å². The third kappa shape index (κ3) is 4.18. The molecule has 2 rings (SSSR count). The monoisotopic (exact) mass is 344 g/mol. The van der Waals surface area contributed by atoms with E-state index < -0.39 is 0 Å². The molecule has 0 spiro atoms. The lowest BCUT2D eigenvalue weighted by Gasteiger charge is -2.10. The highest BCUT2D eigenvalue weighted by atomic mass is 79.9. The summed E-state index contributed by atoms with van der Waals surface area (Å²) in [5.74, 6) is -0.258. The van der Waals surface area contributed by atoms with Gasteiger partial charge in [0.25, 0.3) is 5.91 Å². The van der Waals surface area contributed by atoms with Gasteiger partial charge in [0.05, 0.1) is 0 Å². The minimum Gasteiger partial charge on any atom is -0.332 e. The van der Waals surface area contributed by atoms with Gasteiger partial charge in [-0.05, 0) is 36.5 Å². The smallest absolute Gasteiger partial charge is 0.257 e. The Morgan fingerprint density at radius 2 is 1.85 bits per heavy atom. The van der Waals surface area contributed by atoms with Crippen LogP contribution in [-0.2, 0) is 0 Å². The Kier molecular flexibility index (Phi) is 4.92. The fourth-order valence-corrected chi connectivity index (χ4v) is 2.33. The molecule has 0 fully saturated rings. The summed E-state index contributed by atoms with van der Waals surface area (Å²) < 4.78 is 0.831. The van der Waals surface area contributed by atoms with E-state index in [4.69, 9.17) is 20.1 Å². The van der Waals surface area contributed by atoms with E-state index in [0.717, 1.165) is 4.47 Å². The number of anilines is 1. The van der Waals surface area contributed by atoms with Crippen molar-refractivity contribution in [3.05, 3.63) is 58.6 Å². The molecule has 0 heterocycles. The van der Waals surface area contributed by atoms with Crippen molar-refractivity contribution in [3.63, 3.8) is 0 Å². The fraction of sp³-hybridized carbons (Fsp3) is 0. The maximum Gasteiger partial charge on any atom is 0.257 e. The van der Waals surface area contributed by atoms with Gasteiger partial charge >= 0.3 is 0 Å². The zero-order valence-corrected chi connectivity index (χ0v) is 12.8. The molecule has 2 aromatic carbocycles. The van der Waals surface area contributed by atoms with Gasteiger partial charge in [-0.1, -0.05) is 45.7 Å². The Morgan fingerprint density at radius 1 is 1.15 bits per heavy atom. The number of carbonyl (C=O) groups excluding carboxylic acids is 1. The Morgan fingerprint density at radius 3 is 2.50 bits per heavy atom. The summed E-state index contributed by atoms with van der Waals surface area (Å²) in [5.41, 5.74) is 1.85. The lowest BCUT2D eigenvalue weighted by molar-refractivity contribution is 0.0978. The molecule has 2 radical (unpaired) electrons. The van der Waals surface area contributed by atoms with Crippen molar-refractivity contribution in [2.75, 3.05) is 5.32 Å². The minimum atomic E-state index is -0.258. The van der Waals surface area contributed by atoms with Crippen molar-refractivity contribution >= 4 is 58.2 Å². The summed E-state index contributed by atoms with van der Waals surface area (Å²) in [4.78, 5) is 11.9. The van der Waals surface area contributed by atoms with Crippen molar-refractivity contribution < 1.29 is 4.79 Å². The topological polar surface area (TPSA) is 41.1 Å². The summed E-state index contributed by atoms with van der Waals surface area (Å²) in [5, 5.41) is 5.74. The van der Waals surface area contributed by atoms with Crippen LogP contribution in [0.4, 0.5) is 5.69 Å². The number of hydrogen-bond acceptors (Lipinski definition) is 2. The van der Waals surface area contributed by atoms with E-state index in [1.807, 2.05) is 12.1 Å². The van der Waals surface area contributed by atoms with Crippen LogP contribution in [-0.4, -0.2) is 18.9 Å². The van der Waals surface area contributed by atoms with Crippen LogP contribution >= 0.6 is 28.1 Å². The third-order valence-electron chi connectivity index (χ3n) is 2.44. The summed E-state index contributed by atoms with van der Waals surface area (Å²) >= 11 is 8.44. The van der Waals surface area contributed by atoms with E-state index >= 15 is 0 Å². The molecular formula is C14H10BBrN2OS. The second kappa shape index (κ2) is 6.68. The van der Waals surface area contributed by atoms with Crippen LogP contribution in [0.15, 0.2) is 53.0 Å². The molecule has 2 aromatic rings. The summed E-state index contributed by atoms with van der Waals surface area (Å²) in [6, 6.07) is 14.2. The number of benzene rings is 2. The average Bonchev–Trinajstić information content (AvgIpc) is 2.38. The van der Waals surface area contributed by atoms with Gasteiger partial charge in [-0.2, -0.15) is 0 Å². The van der Waals surface area contributed by atoms with E-state index in [-0.39, 0.29) is 11.0 Å². The average molecular weight is 345 g/mol. The SMILES string of the molecule is [B]c1cc(Br)cc(NC(=S)NC(=O)c2ccccc2)c1. The largest absolute Gasteiger partial charge is 0.332 e. The molecule has 6 heteroatoms. The lowest BCUT2D eigenvalue weighted by atomic mass is 9.96. The molecule has 20 heavy (non-hydrogen) atoms. The molecule has 0 saturated heterocycles. The van der Waals surface area contributed by atoms with Crippen LogP contribution in [0.25, 0.3) is 0 Å². The Labute approximate surface area is 132 Å². The molecule has 1 amide bonds. The zero-order chi connectivity index (χ0) is 14.5. The maximum atomic E-state index is 11.9. The highest BCUT2D eigenvalue weighted by Crippen LogP contribution is 2.14. The van der Waals surface area contributed by atoms with Gasteiger partial charge in [0.1, 0.15) is 7.85 Å².